The molecule has 15 rings (SSSR count). The summed E-state index contributed by atoms with van der Waals surface area (Å²) in [6.45, 7) is 6.86. The summed E-state index contributed by atoms with van der Waals surface area (Å²) in [5.74, 6) is 0.790. The molecule has 6 heteroatoms. The number of para-hydroxylation sites is 5. The predicted molar refractivity (Wildman–Crippen MR) is 290 cm³/mol. The first kappa shape index (κ1) is 39.9. The Labute approximate surface area is 408 Å². The topological polar surface area (TPSA) is 72.8 Å². The van der Waals surface area contributed by atoms with Crippen LogP contribution in [0.1, 0.15) is 48.7 Å². The van der Waals surface area contributed by atoms with Crippen molar-refractivity contribution in [1.82, 2.24) is 19.5 Å². The molecule has 0 spiro atoms. The Balaban J connectivity index is 1.03. The van der Waals surface area contributed by atoms with Crippen LogP contribution in [-0.2, 0) is 10.8 Å². The number of hydrogen-bond donors (Lipinski definition) is 1. The highest BCUT2D eigenvalue weighted by Gasteiger charge is 2.47. The summed E-state index contributed by atoms with van der Waals surface area (Å²) in [5.41, 5.74) is 18.8. The Morgan fingerprint density at radius 1 is 0.521 bits per heavy atom. The summed E-state index contributed by atoms with van der Waals surface area (Å²) < 4.78 is 15.9. The Kier molecular flexibility index (Phi) is 8.17. The van der Waals surface area contributed by atoms with Crippen LogP contribution in [0.15, 0.2) is 215 Å². The average Bonchev–Trinajstić information content (AvgIpc) is 4.24. The van der Waals surface area contributed by atoms with Gasteiger partial charge in [-0.3, -0.25) is 9.55 Å². The largest absolute Gasteiger partial charge is 0.455 e. The third-order valence-corrected chi connectivity index (χ3v) is 15.2. The van der Waals surface area contributed by atoms with E-state index in [0.29, 0.717) is 0 Å². The van der Waals surface area contributed by atoms with Gasteiger partial charge in [0.25, 0.3) is 0 Å². The molecule has 336 valence electrons. The highest BCUT2D eigenvalue weighted by Crippen LogP contribution is 2.57. The van der Waals surface area contributed by atoms with Gasteiger partial charge in [-0.2, -0.15) is 0 Å². The van der Waals surface area contributed by atoms with Gasteiger partial charge in [-0.1, -0.05) is 166 Å². The van der Waals surface area contributed by atoms with E-state index in [1.54, 1.807) is 0 Å². The minimum Gasteiger partial charge on any atom is -0.455 e. The van der Waals surface area contributed by atoms with Crippen LogP contribution in [0.25, 0.3) is 116 Å². The number of furan rings is 2. The molecule has 1 aliphatic rings. The molecule has 0 fully saturated rings. The van der Waals surface area contributed by atoms with E-state index in [1.165, 1.54) is 27.8 Å². The number of benzene rings is 9. The van der Waals surface area contributed by atoms with Crippen molar-refractivity contribution < 1.29 is 8.83 Å². The van der Waals surface area contributed by atoms with Gasteiger partial charge < -0.3 is 13.8 Å². The molecular weight excluding hydrogens is 869 g/mol. The van der Waals surface area contributed by atoms with Gasteiger partial charge in [-0.25, -0.2) is 4.98 Å². The van der Waals surface area contributed by atoms with Crippen molar-refractivity contribution in [3.05, 3.63) is 234 Å². The lowest BCUT2D eigenvalue weighted by Gasteiger charge is -2.33. The van der Waals surface area contributed by atoms with Crippen LogP contribution < -0.4 is 0 Å². The molecule has 1 N–H and O–H groups in total. The molecule has 0 saturated heterocycles. The molecule has 6 nitrogen and oxygen atoms in total. The van der Waals surface area contributed by atoms with Gasteiger partial charge in [0, 0.05) is 49.8 Å². The van der Waals surface area contributed by atoms with Crippen LogP contribution in [0.5, 0.6) is 0 Å². The van der Waals surface area contributed by atoms with Crippen molar-refractivity contribution in [3.8, 4) is 39.3 Å². The lowest BCUT2D eigenvalue weighted by Crippen LogP contribution is -2.29. The van der Waals surface area contributed by atoms with E-state index in [1.807, 2.05) is 30.5 Å². The van der Waals surface area contributed by atoms with Crippen molar-refractivity contribution >= 4 is 76.7 Å². The minimum atomic E-state index is -0.682. The molecule has 14 aromatic rings. The smallest absolute Gasteiger partial charge is 0.159 e. The zero-order valence-electron chi connectivity index (χ0n) is 39.3. The molecule has 0 amide bonds. The second-order valence-corrected chi connectivity index (χ2v) is 20.1. The number of nitrogens with zero attached hydrogens (tertiary/aromatic N) is 3. The van der Waals surface area contributed by atoms with Gasteiger partial charge >= 0.3 is 0 Å². The summed E-state index contributed by atoms with van der Waals surface area (Å²) in [4.78, 5) is 14.9. The standard InChI is InChI=1S/C65H44N4O2/c1-64(2,3)39-32-33-51-47(36-39)42-19-4-8-25-50(42)65(51,57-31-12-13-34-66-57)40-18-14-17-38(35-40)41-23-15-27-53-59(41)68-63(69(53)54-28-16-24-45-43-20-6-10-29-55(43)70-61(45)54)49-37-48-44-21-7-11-30-56(44)71-62(48)58-46-22-5-9-26-52(46)67-60(49)58/h4-37,67H,1-3H3. The van der Waals surface area contributed by atoms with Crippen LogP contribution in [0, 0.1) is 0 Å². The highest BCUT2D eigenvalue weighted by molar-refractivity contribution is 6.26. The Bertz CT molecular complexity index is 4520. The summed E-state index contributed by atoms with van der Waals surface area (Å²) in [6.07, 6.45) is 1.93. The van der Waals surface area contributed by atoms with Crippen molar-refractivity contribution in [2.75, 3.05) is 0 Å². The number of fused-ring (bicyclic) bond motifs is 14. The van der Waals surface area contributed by atoms with E-state index in [2.05, 4.69) is 206 Å². The van der Waals surface area contributed by atoms with Crippen molar-refractivity contribution in [1.29, 1.82) is 0 Å². The summed E-state index contributed by atoms with van der Waals surface area (Å²) in [5, 5.41) is 6.34. The monoisotopic (exact) mass is 912 g/mol. The number of rotatable bonds is 5. The maximum atomic E-state index is 6.84. The molecular formula is C65H44N4O2. The Hall–Kier alpha value is -9.00. The molecule has 0 aliphatic heterocycles. The third-order valence-electron chi connectivity index (χ3n) is 15.2. The molecule has 1 atom stereocenters. The lowest BCUT2D eigenvalue weighted by molar-refractivity contribution is 0.590. The fraction of sp³-hybridized carbons (Fsp3) is 0.0769. The number of imidazole rings is 1. The summed E-state index contributed by atoms with van der Waals surface area (Å²) in [6, 6.07) is 71.8. The van der Waals surface area contributed by atoms with Crippen LogP contribution >= 0.6 is 0 Å². The van der Waals surface area contributed by atoms with Crippen molar-refractivity contribution in [3.63, 3.8) is 0 Å². The first-order valence-electron chi connectivity index (χ1n) is 24.4. The van der Waals surface area contributed by atoms with Crippen LogP contribution in [0.4, 0.5) is 0 Å². The number of pyridine rings is 1. The number of aromatic nitrogens is 4. The van der Waals surface area contributed by atoms with Gasteiger partial charge in [0.1, 0.15) is 22.6 Å². The second kappa shape index (κ2) is 14.5. The molecule has 1 aliphatic carbocycles. The van der Waals surface area contributed by atoms with E-state index < -0.39 is 5.41 Å². The molecule has 0 saturated carbocycles. The number of hydrogen-bond acceptors (Lipinski definition) is 4. The van der Waals surface area contributed by atoms with Crippen molar-refractivity contribution in [2.24, 2.45) is 0 Å². The van der Waals surface area contributed by atoms with Gasteiger partial charge in [0.2, 0.25) is 0 Å². The Morgan fingerprint density at radius 2 is 1.21 bits per heavy atom. The lowest BCUT2D eigenvalue weighted by atomic mass is 9.69. The number of aromatic amines is 1. The van der Waals surface area contributed by atoms with E-state index in [4.69, 9.17) is 18.8 Å². The average molecular weight is 913 g/mol. The minimum absolute atomic E-state index is 0.0187. The first-order valence-corrected chi connectivity index (χ1v) is 24.4. The van der Waals surface area contributed by atoms with Crippen LogP contribution in [-0.4, -0.2) is 19.5 Å². The van der Waals surface area contributed by atoms with E-state index in [0.717, 1.165) is 116 Å². The normalized spacial score (nSPS) is 14.7. The fourth-order valence-corrected chi connectivity index (χ4v) is 12.0. The van der Waals surface area contributed by atoms with Gasteiger partial charge in [0.15, 0.2) is 5.58 Å². The third kappa shape index (κ3) is 5.53. The van der Waals surface area contributed by atoms with E-state index in [9.17, 15) is 0 Å². The molecule has 0 radical (unpaired) electrons. The molecule has 9 aromatic carbocycles. The fourth-order valence-electron chi connectivity index (χ4n) is 12.0. The summed E-state index contributed by atoms with van der Waals surface area (Å²) in [7, 11) is 0. The summed E-state index contributed by atoms with van der Waals surface area (Å²) >= 11 is 0. The maximum absolute atomic E-state index is 6.84. The van der Waals surface area contributed by atoms with Crippen LogP contribution in [0.3, 0.4) is 0 Å². The van der Waals surface area contributed by atoms with Gasteiger partial charge in [0.05, 0.1) is 38.7 Å². The van der Waals surface area contributed by atoms with Gasteiger partial charge in [-0.05, 0) is 99.0 Å². The maximum Gasteiger partial charge on any atom is 0.159 e. The Morgan fingerprint density at radius 3 is 2.04 bits per heavy atom. The highest BCUT2D eigenvalue weighted by atomic mass is 16.3. The first-order chi connectivity index (χ1) is 34.8. The van der Waals surface area contributed by atoms with E-state index in [-0.39, 0.29) is 5.41 Å². The number of H-pyrrole nitrogens is 1. The zero-order valence-corrected chi connectivity index (χ0v) is 39.3. The van der Waals surface area contributed by atoms with Gasteiger partial charge in [-0.15, -0.1) is 0 Å². The zero-order chi connectivity index (χ0) is 47.2. The molecule has 5 heterocycles. The second-order valence-electron chi connectivity index (χ2n) is 20.1. The predicted octanol–water partition coefficient (Wildman–Crippen LogP) is 16.8. The van der Waals surface area contributed by atoms with Crippen LogP contribution in [0.2, 0.25) is 0 Å². The molecule has 0 bridgehead atoms. The number of nitrogens with one attached hydrogen (secondary N) is 1. The SMILES string of the molecule is CC(C)(C)c1ccc2c(c1)-c1ccccc1C2(c1cccc(-c2cccc3c2nc(-c2cc4c5ccccc5oc4c4c2[nH]c2ccccc24)n3-c2cccc3c2oc2ccccc23)c1)c1ccccn1. The van der Waals surface area contributed by atoms with E-state index >= 15 is 0 Å². The molecule has 1 unspecified atom stereocenters. The molecule has 71 heavy (non-hydrogen) atoms. The molecule has 5 aromatic heterocycles. The quantitative estimate of drug-likeness (QED) is 0.187. The van der Waals surface area contributed by atoms with Crippen molar-refractivity contribution in [2.45, 2.75) is 31.6 Å².